The summed E-state index contributed by atoms with van der Waals surface area (Å²) in [5, 5.41) is 2.95. The molecule has 0 saturated heterocycles. The summed E-state index contributed by atoms with van der Waals surface area (Å²) in [5.41, 5.74) is 6.98. The third-order valence-electron chi connectivity index (χ3n) is 3.22. The number of rotatable bonds is 5. The van der Waals surface area contributed by atoms with Crippen LogP contribution in [-0.2, 0) is 4.79 Å². The summed E-state index contributed by atoms with van der Waals surface area (Å²) < 4.78 is 0. The number of nitrogens with two attached hydrogens (primary N) is 1. The van der Waals surface area contributed by atoms with Gasteiger partial charge in [0.1, 0.15) is 0 Å². The smallest absolute Gasteiger partial charge is 0.237 e. The lowest BCUT2D eigenvalue weighted by molar-refractivity contribution is -0.124. The molecule has 0 spiro atoms. The maximum Gasteiger partial charge on any atom is 0.237 e. The first kappa shape index (κ1) is 13.7. The number of amides is 1. The molecule has 3 heteroatoms. The Bertz CT molecular complexity index is 350. The molecule has 1 aromatic rings. The largest absolute Gasteiger partial charge is 0.348 e. The van der Waals surface area contributed by atoms with E-state index >= 15 is 0 Å². The van der Waals surface area contributed by atoms with Gasteiger partial charge in [-0.3, -0.25) is 4.79 Å². The van der Waals surface area contributed by atoms with Gasteiger partial charge >= 0.3 is 0 Å². The number of carbonyl (C=O) groups excluding carboxylic acids is 1. The van der Waals surface area contributed by atoms with Crippen LogP contribution >= 0.6 is 0 Å². The van der Waals surface area contributed by atoms with E-state index in [9.17, 15) is 4.79 Å². The fraction of sp³-hybridized carbons (Fsp3) is 0.500. The Labute approximate surface area is 103 Å². The van der Waals surface area contributed by atoms with E-state index in [4.69, 9.17) is 5.73 Å². The SMILES string of the molecule is CCC(C)C(N)C(=O)N[C@@H](C)c1ccccc1. The van der Waals surface area contributed by atoms with Crippen molar-refractivity contribution in [1.29, 1.82) is 0 Å². The average molecular weight is 234 g/mol. The van der Waals surface area contributed by atoms with Crippen molar-refractivity contribution in [3.8, 4) is 0 Å². The van der Waals surface area contributed by atoms with Crippen LogP contribution in [0.5, 0.6) is 0 Å². The van der Waals surface area contributed by atoms with Crippen LogP contribution in [0, 0.1) is 5.92 Å². The first-order chi connectivity index (χ1) is 8.06. The molecule has 0 aliphatic heterocycles. The van der Waals surface area contributed by atoms with Crippen LogP contribution < -0.4 is 11.1 Å². The Morgan fingerprint density at radius 3 is 2.41 bits per heavy atom. The van der Waals surface area contributed by atoms with Crippen LogP contribution in [0.15, 0.2) is 30.3 Å². The Balaban J connectivity index is 2.57. The minimum atomic E-state index is -0.425. The standard InChI is InChI=1S/C14H22N2O/c1-4-10(2)13(15)14(17)16-11(3)12-8-6-5-7-9-12/h5-11,13H,4,15H2,1-3H3,(H,16,17)/t10?,11-,13?/m0/s1. The van der Waals surface area contributed by atoms with Crippen molar-refractivity contribution in [1.82, 2.24) is 5.32 Å². The van der Waals surface area contributed by atoms with E-state index in [-0.39, 0.29) is 17.9 Å². The molecule has 0 aromatic heterocycles. The summed E-state index contributed by atoms with van der Waals surface area (Å²) in [6.45, 7) is 6.01. The Morgan fingerprint density at radius 1 is 1.29 bits per heavy atom. The molecule has 0 fully saturated rings. The highest BCUT2D eigenvalue weighted by Crippen LogP contribution is 2.12. The molecule has 3 nitrogen and oxygen atoms in total. The topological polar surface area (TPSA) is 55.1 Å². The summed E-state index contributed by atoms with van der Waals surface area (Å²) in [4.78, 5) is 11.9. The van der Waals surface area contributed by atoms with Crippen LogP contribution in [0.3, 0.4) is 0 Å². The molecular formula is C14H22N2O. The summed E-state index contributed by atoms with van der Waals surface area (Å²) in [6, 6.07) is 9.46. The quantitative estimate of drug-likeness (QED) is 0.821. The number of hydrogen-bond donors (Lipinski definition) is 2. The Kier molecular flexibility index (Phi) is 5.16. The fourth-order valence-electron chi connectivity index (χ4n) is 1.65. The normalized spacial score (nSPS) is 16.0. The fourth-order valence-corrected chi connectivity index (χ4v) is 1.65. The predicted octanol–water partition coefficient (Wildman–Crippen LogP) is 2.24. The molecule has 2 unspecified atom stereocenters. The van der Waals surface area contributed by atoms with Crippen molar-refractivity contribution in [3.63, 3.8) is 0 Å². The molecule has 1 rings (SSSR count). The van der Waals surface area contributed by atoms with Crippen LogP contribution in [0.25, 0.3) is 0 Å². The maximum atomic E-state index is 11.9. The van der Waals surface area contributed by atoms with Crippen LogP contribution in [0.4, 0.5) is 0 Å². The van der Waals surface area contributed by atoms with Gasteiger partial charge < -0.3 is 11.1 Å². The number of hydrogen-bond acceptors (Lipinski definition) is 2. The second kappa shape index (κ2) is 6.40. The van der Waals surface area contributed by atoms with E-state index < -0.39 is 6.04 Å². The predicted molar refractivity (Wildman–Crippen MR) is 70.4 cm³/mol. The second-order valence-electron chi connectivity index (χ2n) is 4.55. The monoisotopic (exact) mass is 234 g/mol. The lowest BCUT2D eigenvalue weighted by atomic mass is 9.98. The molecule has 3 atom stereocenters. The van der Waals surface area contributed by atoms with Gasteiger partial charge in [0.25, 0.3) is 0 Å². The summed E-state index contributed by atoms with van der Waals surface area (Å²) in [6.07, 6.45) is 0.911. The van der Waals surface area contributed by atoms with Gasteiger partial charge in [0.05, 0.1) is 12.1 Å². The van der Waals surface area contributed by atoms with Crippen LogP contribution in [-0.4, -0.2) is 11.9 Å². The van der Waals surface area contributed by atoms with E-state index in [0.29, 0.717) is 0 Å². The van der Waals surface area contributed by atoms with Crippen molar-refractivity contribution in [2.45, 2.75) is 39.3 Å². The van der Waals surface area contributed by atoms with Crippen molar-refractivity contribution < 1.29 is 4.79 Å². The third kappa shape index (κ3) is 3.86. The molecule has 17 heavy (non-hydrogen) atoms. The average Bonchev–Trinajstić information content (AvgIpc) is 2.37. The first-order valence-electron chi connectivity index (χ1n) is 6.17. The van der Waals surface area contributed by atoms with E-state index in [1.54, 1.807) is 0 Å². The molecule has 0 radical (unpaired) electrons. The third-order valence-corrected chi connectivity index (χ3v) is 3.22. The maximum absolute atomic E-state index is 11.9. The molecule has 1 aromatic carbocycles. The van der Waals surface area contributed by atoms with E-state index in [0.717, 1.165) is 12.0 Å². The van der Waals surface area contributed by atoms with Gasteiger partial charge in [-0.25, -0.2) is 0 Å². The molecule has 0 bridgehead atoms. The first-order valence-corrected chi connectivity index (χ1v) is 6.17. The van der Waals surface area contributed by atoms with Crippen LogP contribution in [0.2, 0.25) is 0 Å². The Hall–Kier alpha value is -1.35. The molecule has 0 saturated carbocycles. The molecule has 0 aliphatic carbocycles. The van der Waals surface area contributed by atoms with Gasteiger partial charge in [-0.2, -0.15) is 0 Å². The summed E-state index contributed by atoms with van der Waals surface area (Å²) >= 11 is 0. The number of benzene rings is 1. The van der Waals surface area contributed by atoms with Gasteiger partial charge in [-0.1, -0.05) is 50.6 Å². The van der Waals surface area contributed by atoms with E-state index in [1.807, 2.05) is 51.1 Å². The molecule has 0 heterocycles. The minimum Gasteiger partial charge on any atom is -0.348 e. The Morgan fingerprint density at radius 2 is 1.88 bits per heavy atom. The van der Waals surface area contributed by atoms with Crippen molar-refractivity contribution in [2.75, 3.05) is 0 Å². The zero-order valence-corrected chi connectivity index (χ0v) is 10.8. The van der Waals surface area contributed by atoms with Gasteiger partial charge in [-0.05, 0) is 18.4 Å². The lowest BCUT2D eigenvalue weighted by Gasteiger charge is -2.21. The number of carbonyl (C=O) groups is 1. The zero-order chi connectivity index (χ0) is 12.8. The zero-order valence-electron chi connectivity index (χ0n) is 10.8. The van der Waals surface area contributed by atoms with Crippen LogP contribution in [0.1, 0.15) is 38.8 Å². The highest BCUT2D eigenvalue weighted by molar-refractivity contribution is 5.82. The van der Waals surface area contributed by atoms with E-state index in [1.165, 1.54) is 0 Å². The molecule has 0 aliphatic rings. The summed E-state index contributed by atoms with van der Waals surface area (Å²) in [5.74, 6) is 0.133. The molecular weight excluding hydrogens is 212 g/mol. The van der Waals surface area contributed by atoms with Gasteiger partial charge in [0, 0.05) is 0 Å². The minimum absolute atomic E-state index is 0.00111. The summed E-state index contributed by atoms with van der Waals surface area (Å²) in [7, 11) is 0. The highest BCUT2D eigenvalue weighted by Gasteiger charge is 2.20. The van der Waals surface area contributed by atoms with E-state index in [2.05, 4.69) is 5.32 Å². The molecule has 1 amide bonds. The van der Waals surface area contributed by atoms with Gasteiger partial charge in [0.15, 0.2) is 0 Å². The highest BCUT2D eigenvalue weighted by atomic mass is 16.2. The molecule has 3 N–H and O–H groups in total. The van der Waals surface area contributed by atoms with Crippen molar-refractivity contribution in [3.05, 3.63) is 35.9 Å². The van der Waals surface area contributed by atoms with Crippen molar-refractivity contribution >= 4 is 5.91 Å². The second-order valence-corrected chi connectivity index (χ2v) is 4.55. The molecule has 94 valence electrons. The lowest BCUT2D eigenvalue weighted by Crippen LogP contribution is -2.45. The van der Waals surface area contributed by atoms with Gasteiger partial charge in [0.2, 0.25) is 5.91 Å². The van der Waals surface area contributed by atoms with Gasteiger partial charge in [-0.15, -0.1) is 0 Å². The van der Waals surface area contributed by atoms with Crippen molar-refractivity contribution in [2.24, 2.45) is 11.7 Å². The number of nitrogens with one attached hydrogen (secondary N) is 1.